The zero-order valence-corrected chi connectivity index (χ0v) is 7.58. The van der Waals surface area contributed by atoms with Gasteiger partial charge in [-0.2, -0.15) is 0 Å². The van der Waals surface area contributed by atoms with Crippen molar-refractivity contribution in [3.8, 4) is 0 Å². The van der Waals surface area contributed by atoms with Gasteiger partial charge >= 0.3 is 5.00 Å². The van der Waals surface area contributed by atoms with Gasteiger partial charge in [0.05, 0.1) is 4.92 Å². The number of nitrogens with zero attached hydrogens (tertiary/aromatic N) is 2. The van der Waals surface area contributed by atoms with Gasteiger partial charge in [-0.25, -0.2) is 4.98 Å². The molecular formula is C6H9N3O3S. The second-order valence-electron chi connectivity index (χ2n) is 2.26. The third kappa shape index (κ3) is 2.96. The quantitative estimate of drug-likeness (QED) is 0.420. The Bertz CT molecular complexity index is 288. The van der Waals surface area contributed by atoms with Gasteiger partial charge in [0.25, 0.3) is 0 Å². The van der Waals surface area contributed by atoms with E-state index in [0.717, 1.165) is 11.3 Å². The maximum Gasteiger partial charge on any atom is 0.345 e. The minimum Gasteiger partial charge on any atom is -0.396 e. The van der Waals surface area contributed by atoms with Gasteiger partial charge < -0.3 is 10.4 Å². The zero-order chi connectivity index (χ0) is 9.68. The van der Waals surface area contributed by atoms with Crippen LogP contribution in [0.15, 0.2) is 6.20 Å². The van der Waals surface area contributed by atoms with Crippen LogP contribution in [0.3, 0.4) is 0 Å². The van der Waals surface area contributed by atoms with Crippen LogP contribution in [-0.2, 0) is 0 Å². The highest BCUT2D eigenvalue weighted by atomic mass is 32.1. The summed E-state index contributed by atoms with van der Waals surface area (Å²) < 4.78 is 0. The lowest BCUT2D eigenvalue weighted by Crippen LogP contribution is -2.02. The van der Waals surface area contributed by atoms with Crippen molar-refractivity contribution < 1.29 is 10.0 Å². The van der Waals surface area contributed by atoms with Gasteiger partial charge in [0.2, 0.25) is 0 Å². The molecule has 0 aromatic carbocycles. The van der Waals surface area contributed by atoms with E-state index in [9.17, 15) is 10.1 Å². The lowest BCUT2D eigenvalue weighted by atomic mass is 10.5. The second-order valence-corrected chi connectivity index (χ2v) is 3.27. The van der Waals surface area contributed by atoms with Gasteiger partial charge in [0.15, 0.2) is 5.13 Å². The molecular weight excluding hydrogens is 194 g/mol. The molecule has 1 heterocycles. The zero-order valence-electron chi connectivity index (χ0n) is 6.77. The Morgan fingerprint density at radius 2 is 2.54 bits per heavy atom. The first kappa shape index (κ1) is 9.87. The molecule has 0 saturated carbocycles. The molecule has 0 atom stereocenters. The number of aromatic nitrogens is 1. The molecule has 1 rings (SSSR count). The van der Waals surface area contributed by atoms with Crippen molar-refractivity contribution in [3.05, 3.63) is 16.3 Å². The largest absolute Gasteiger partial charge is 0.396 e. The van der Waals surface area contributed by atoms with Crippen molar-refractivity contribution in [1.29, 1.82) is 0 Å². The van der Waals surface area contributed by atoms with E-state index in [-0.39, 0.29) is 11.6 Å². The highest BCUT2D eigenvalue weighted by Crippen LogP contribution is 2.24. The maximum absolute atomic E-state index is 10.3. The number of rotatable bonds is 5. The average Bonchev–Trinajstić information content (AvgIpc) is 2.53. The summed E-state index contributed by atoms with van der Waals surface area (Å²) in [5, 5.41) is 22.1. The molecule has 0 unspecified atom stereocenters. The molecule has 0 aliphatic carbocycles. The molecule has 72 valence electrons. The van der Waals surface area contributed by atoms with Crippen molar-refractivity contribution in [2.24, 2.45) is 0 Å². The fourth-order valence-electron chi connectivity index (χ4n) is 0.706. The van der Waals surface area contributed by atoms with Gasteiger partial charge in [-0.1, -0.05) is 0 Å². The first-order chi connectivity index (χ1) is 6.24. The molecule has 0 aliphatic heterocycles. The molecule has 1 aromatic heterocycles. The fourth-order valence-corrected chi connectivity index (χ4v) is 1.36. The van der Waals surface area contributed by atoms with Gasteiger partial charge in [-0.3, -0.25) is 10.1 Å². The van der Waals surface area contributed by atoms with E-state index in [2.05, 4.69) is 10.3 Å². The van der Waals surface area contributed by atoms with E-state index >= 15 is 0 Å². The van der Waals surface area contributed by atoms with E-state index in [4.69, 9.17) is 5.11 Å². The molecule has 7 heteroatoms. The second kappa shape index (κ2) is 4.73. The van der Waals surface area contributed by atoms with Crippen molar-refractivity contribution in [1.82, 2.24) is 4.98 Å². The summed E-state index contributed by atoms with van der Waals surface area (Å²) >= 11 is 0.988. The van der Waals surface area contributed by atoms with Gasteiger partial charge in [-0.05, 0) is 17.8 Å². The molecule has 0 bridgehead atoms. The molecule has 0 amide bonds. The van der Waals surface area contributed by atoms with Crippen molar-refractivity contribution in [2.45, 2.75) is 6.42 Å². The van der Waals surface area contributed by atoms with Crippen LogP contribution in [0, 0.1) is 10.1 Å². The third-order valence-electron chi connectivity index (χ3n) is 1.28. The molecule has 0 aliphatic rings. The minimum absolute atomic E-state index is 0.0199. The van der Waals surface area contributed by atoms with Gasteiger partial charge in [0.1, 0.15) is 6.20 Å². The number of nitrogens with one attached hydrogen (secondary N) is 1. The van der Waals surface area contributed by atoms with Gasteiger partial charge in [-0.15, -0.1) is 0 Å². The number of aliphatic hydroxyl groups is 1. The molecule has 1 aromatic rings. The molecule has 0 spiro atoms. The van der Waals surface area contributed by atoms with Crippen LogP contribution >= 0.6 is 11.3 Å². The number of thiazole rings is 1. The smallest absolute Gasteiger partial charge is 0.345 e. The van der Waals surface area contributed by atoms with Crippen molar-refractivity contribution >= 4 is 21.5 Å². The normalized spacial score (nSPS) is 9.92. The van der Waals surface area contributed by atoms with Crippen LogP contribution in [0.25, 0.3) is 0 Å². The topological polar surface area (TPSA) is 88.3 Å². The Morgan fingerprint density at radius 3 is 3.08 bits per heavy atom. The first-order valence-corrected chi connectivity index (χ1v) is 4.50. The average molecular weight is 203 g/mol. The monoisotopic (exact) mass is 203 g/mol. The van der Waals surface area contributed by atoms with E-state index < -0.39 is 4.92 Å². The SMILES string of the molecule is O=[N+]([O-])c1cnc(NCCCO)s1. The first-order valence-electron chi connectivity index (χ1n) is 3.69. The molecule has 0 radical (unpaired) electrons. The van der Waals surface area contributed by atoms with E-state index in [1.807, 2.05) is 0 Å². The number of aliphatic hydroxyl groups excluding tert-OH is 1. The predicted molar refractivity (Wildman–Crippen MR) is 49.0 cm³/mol. The Hall–Kier alpha value is -1.21. The highest BCUT2D eigenvalue weighted by molar-refractivity contribution is 7.18. The number of nitro groups is 1. The van der Waals surface area contributed by atoms with E-state index in [1.54, 1.807) is 0 Å². The Labute approximate surface area is 78.4 Å². The summed E-state index contributed by atoms with van der Waals surface area (Å²) in [5.74, 6) is 0. The third-order valence-corrected chi connectivity index (χ3v) is 2.19. The Morgan fingerprint density at radius 1 is 1.77 bits per heavy atom. The lowest BCUT2D eigenvalue weighted by Gasteiger charge is -1.97. The Balaban J connectivity index is 2.44. The van der Waals surface area contributed by atoms with Crippen LogP contribution in [0.5, 0.6) is 0 Å². The standard InChI is InChI=1S/C6H9N3O3S/c10-3-1-2-7-6-8-4-5(13-6)9(11)12/h4,10H,1-3H2,(H,7,8). The Kier molecular flexibility index (Phi) is 3.59. The van der Waals surface area contributed by atoms with Crippen LogP contribution in [0.4, 0.5) is 10.1 Å². The molecule has 13 heavy (non-hydrogen) atoms. The highest BCUT2D eigenvalue weighted by Gasteiger charge is 2.10. The molecule has 2 N–H and O–H groups in total. The van der Waals surface area contributed by atoms with Crippen LogP contribution in [0.2, 0.25) is 0 Å². The minimum atomic E-state index is -0.477. The fraction of sp³-hybridized carbons (Fsp3) is 0.500. The van der Waals surface area contributed by atoms with Crippen LogP contribution < -0.4 is 5.32 Å². The number of hydrogen-bond acceptors (Lipinski definition) is 6. The molecule has 0 saturated heterocycles. The van der Waals surface area contributed by atoms with Crippen LogP contribution in [0.1, 0.15) is 6.42 Å². The summed E-state index contributed by atoms with van der Waals surface area (Å²) in [7, 11) is 0. The molecule has 0 fully saturated rings. The van der Waals surface area contributed by atoms with E-state index in [1.165, 1.54) is 6.20 Å². The van der Waals surface area contributed by atoms with Crippen molar-refractivity contribution in [3.63, 3.8) is 0 Å². The maximum atomic E-state index is 10.3. The predicted octanol–water partition coefficient (Wildman–Crippen LogP) is 0.846. The summed E-state index contributed by atoms with van der Waals surface area (Å²) in [5.41, 5.74) is 0. The van der Waals surface area contributed by atoms with Gasteiger partial charge in [0, 0.05) is 13.2 Å². The number of anilines is 1. The molecule has 6 nitrogen and oxygen atoms in total. The summed E-state index contributed by atoms with van der Waals surface area (Å²) in [6, 6.07) is 0. The lowest BCUT2D eigenvalue weighted by molar-refractivity contribution is -0.380. The number of hydrogen-bond donors (Lipinski definition) is 2. The van der Waals surface area contributed by atoms with Crippen molar-refractivity contribution in [2.75, 3.05) is 18.5 Å². The van der Waals surface area contributed by atoms with Crippen LogP contribution in [-0.4, -0.2) is 28.2 Å². The summed E-state index contributed by atoms with van der Waals surface area (Å²) in [6.45, 7) is 0.668. The summed E-state index contributed by atoms with van der Waals surface area (Å²) in [6.07, 6.45) is 1.82. The van der Waals surface area contributed by atoms with E-state index in [0.29, 0.717) is 18.1 Å². The summed E-state index contributed by atoms with van der Waals surface area (Å²) in [4.78, 5) is 13.6.